The maximum Gasteiger partial charge on any atom is 0.151 e. The number of nitrogen functional groups attached to an aromatic ring is 1. The summed E-state index contributed by atoms with van der Waals surface area (Å²) in [5.41, 5.74) is 7.47. The van der Waals surface area contributed by atoms with Crippen LogP contribution in [0.5, 0.6) is 5.75 Å². The molecular weight excluding hydrogens is 230 g/mol. The first kappa shape index (κ1) is 12.2. The molecule has 1 aromatic heterocycles. The highest BCUT2D eigenvalue weighted by Crippen LogP contribution is 2.29. The van der Waals surface area contributed by atoms with Crippen LogP contribution >= 0.6 is 0 Å². The summed E-state index contributed by atoms with van der Waals surface area (Å²) >= 11 is 0. The van der Waals surface area contributed by atoms with E-state index in [1.165, 1.54) is 0 Å². The van der Waals surface area contributed by atoms with Crippen molar-refractivity contribution >= 4 is 11.4 Å². The van der Waals surface area contributed by atoms with Crippen LogP contribution in [-0.2, 0) is 13.6 Å². The molecular formula is C12H17N5O. The van der Waals surface area contributed by atoms with Crippen molar-refractivity contribution in [1.29, 1.82) is 0 Å². The molecule has 0 amide bonds. The number of nitrogens with two attached hydrogens (primary N) is 1. The van der Waals surface area contributed by atoms with Gasteiger partial charge in [-0.1, -0.05) is 6.07 Å². The quantitative estimate of drug-likeness (QED) is 0.781. The van der Waals surface area contributed by atoms with Gasteiger partial charge in [-0.2, -0.15) is 0 Å². The highest BCUT2D eigenvalue weighted by atomic mass is 16.5. The van der Waals surface area contributed by atoms with Crippen LogP contribution in [-0.4, -0.2) is 21.4 Å². The Labute approximate surface area is 106 Å². The minimum Gasteiger partial charge on any atom is -0.492 e. The Hall–Kier alpha value is -2.24. The third-order valence-electron chi connectivity index (χ3n) is 2.61. The molecule has 2 aromatic rings. The van der Waals surface area contributed by atoms with Gasteiger partial charge < -0.3 is 20.4 Å². The molecule has 6 nitrogen and oxygen atoms in total. The number of hydrogen-bond donors (Lipinski definition) is 2. The molecule has 0 spiro atoms. The van der Waals surface area contributed by atoms with E-state index in [2.05, 4.69) is 15.5 Å². The van der Waals surface area contributed by atoms with E-state index in [0.29, 0.717) is 24.6 Å². The monoisotopic (exact) mass is 247 g/mol. The van der Waals surface area contributed by atoms with Crippen LogP contribution in [0.4, 0.5) is 11.4 Å². The van der Waals surface area contributed by atoms with Gasteiger partial charge >= 0.3 is 0 Å². The molecule has 2 rings (SSSR count). The molecule has 0 atom stereocenters. The topological polar surface area (TPSA) is 78.0 Å². The number of rotatable bonds is 5. The molecule has 0 saturated heterocycles. The molecule has 1 heterocycles. The lowest BCUT2D eigenvalue weighted by atomic mass is 10.2. The van der Waals surface area contributed by atoms with E-state index in [9.17, 15) is 0 Å². The number of hydrogen-bond acceptors (Lipinski definition) is 5. The smallest absolute Gasteiger partial charge is 0.151 e. The van der Waals surface area contributed by atoms with Crippen LogP contribution in [0.15, 0.2) is 24.5 Å². The van der Waals surface area contributed by atoms with Crippen molar-refractivity contribution in [1.82, 2.24) is 14.8 Å². The molecule has 0 aliphatic heterocycles. The summed E-state index contributed by atoms with van der Waals surface area (Å²) in [5, 5.41) is 11.0. The fraction of sp³-hybridized carbons (Fsp3) is 0.333. The van der Waals surface area contributed by atoms with Gasteiger partial charge in [0.05, 0.1) is 24.5 Å². The van der Waals surface area contributed by atoms with Crippen molar-refractivity contribution in [3.05, 3.63) is 30.4 Å². The molecule has 3 N–H and O–H groups in total. The fourth-order valence-corrected chi connectivity index (χ4v) is 1.62. The maximum absolute atomic E-state index is 6.02. The van der Waals surface area contributed by atoms with E-state index >= 15 is 0 Å². The Kier molecular flexibility index (Phi) is 3.66. The van der Waals surface area contributed by atoms with Gasteiger partial charge in [-0.25, -0.2) is 0 Å². The first-order valence-electron chi connectivity index (χ1n) is 5.80. The summed E-state index contributed by atoms with van der Waals surface area (Å²) in [5.74, 6) is 1.54. The van der Waals surface area contributed by atoms with Crippen LogP contribution < -0.4 is 15.8 Å². The molecule has 0 radical (unpaired) electrons. The second-order valence-electron chi connectivity index (χ2n) is 3.86. The zero-order chi connectivity index (χ0) is 13.0. The Morgan fingerprint density at radius 3 is 2.94 bits per heavy atom. The number of anilines is 2. The minimum absolute atomic E-state index is 0.566. The van der Waals surface area contributed by atoms with E-state index in [-0.39, 0.29) is 0 Å². The van der Waals surface area contributed by atoms with Gasteiger partial charge in [0, 0.05) is 7.05 Å². The van der Waals surface area contributed by atoms with Gasteiger partial charge in [0.15, 0.2) is 5.82 Å². The van der Waals surface area contributed by atoms with Crippen molar-refractivity contribution in [2.24, 2.45) is 7.05 Å². The summed E-state index contributed by atoms with van der Waals surface area (Å²) in [6.07, 6.45) is 1.66. The second-order valence-corrected chi connectivity index (χ2v) is 3.86. The number of nitrogens with zero attached hydrogens (tertiary/aromatic N) is 3. The number of ether oxygens (including phenoxy) is 1. The number of aromatic nitrogens is 3. The summed E-state index contributed by atoms with van der Waals surface area (Å²) in [6.45, 7) is 3.09. The van der Waals surface area contributed by atoms with E-state index < -0.39 is 0 Å². The average molecular weight is 247 g/mol. The van der Waals surface area contributed by atoms with Gasteiger partial charge in [0.1, 0.15) is 12.1 Å². The predicted molar refractivity (Wildman–Crippen MR) is 70.4 cm³/mol. The molecule has 0 bridgehead atoms. The molecule has 0 aliphatic rings. The largest absolute Gasteiger partial charge is 0.492 e. The molecule has 6 heteroatoms. The number of nitrogens with one attached hydrogen (secondary N) is 1. The Balaban J connectivity index is 2.10. The van der Waals surface area contributed by atoms with Gasteiger partial charge in [0.2, 0.25) is 0 Å². The Morgan fingerprint density at radius 2 is 2.28 bits per heavy atom. The van der Waals surface area contributed by atoms with Crippen molar-refractivity contribution in [2.75, 3.05) is 17.7 Å². The number of aryl methyl sites for hydroxylation is 1. The zero-order valence-electron chi connectivity index (χ0n) is 10.6. The van der Waals surface area contributed by atoms with E-state index in [1.807, 2.05) is 36.7 Å². The lowest BCUT2D eigenvalue weighted by Crippen LogP contribution is -2.08. The third-order valence-corrected chi connectivity index (χ3v) is 2.61. The summed E-state index contributed by atoms with van der Waals surface area (Å²) in [6, 6.07) is 5.67. The second kappa shape index (κ2) is 5.39. The summed E-state index contributed by atoms with van der Waals surface area (Å²) in [7, 11) is 1.90. The van der Waals surface area contributed by atoms with Crippen LogP contribution in [0.25, 0.3) is 0 Å². The Bertz CT molecular complexity index is 523. The molecule has 0 fully saturated rings. The molecule has 1 aromatic carbocycles. The van der Waals surface area contributed by atoms with E-state index in [4.69, 9.17) is 10.5 Å². The normalized spacial score (nSPS) is 10.3. The van der Waals surface area contributed by atoms with Gasteiger partial charge in [-0.15, -0.1) is 10.2 Å². The van der Waals surface area contributed by atoms with E-state index in [0.717, 1.165) is 11.5 Å². The predicted octanol–water partition coefficient (Wildman–Crippen LogP) is 1.41. The van der Waals surface area contributed by atoms with E-state index in [1.54, 1.807) is 6.33 Å². The van der Waals surface area contributed by atoms with Crippen LogP contribution in [0.2, 0.25) is 0 Å². The molecule has 0 saturated carbocycles. The van der Waals surface area contributed by atoms with Crippen molar-refractivity contribution in [2.45, 2.75) is 13.5 Å². The SMILES string of the molecule is CCOc1cccc(NCc2nncn2C)c1N. The van der Waals surface area contributed by atoms with Crippen LogP contribution in [0, 0.1) is 0 Å². The Morgan fingerprint density at radius 1 is 1.44 bits per heavy atom. The van der Waals surface area contributed by atoms with Crippen LogP contribution in [0.3, 0.4) is 0 Å². The standard InChI is InChI=1S/C12H17N5O/c1-3-18-10-6-4-5-9(12(10)13)14-7-11-16-15-8-17(11)2/h4-6,8,14H,3,7,13H2,1-2H3. The summed E-state index contributed by atoms with van der Waals surface area (Å²) < 4.78 is 7.30. The number of para-hydroxylation sites is 1. The zero-order valence-corrected chi connectivity index (χ0v) is 10.6. The molecule has 0 aliphatic carbocycles. The highest BCUT2D eigenvalue weighted by Gasteiger charge is 2.06. The summed E-state index contributed by atoms with van der Waals surface area (Å²) in [4.78, 5) is 0. The minimum atomic E-state index is 0.566. The highest BCUT2D eigenvalue weighted by molar-refractivity contribution is 5.72. The average Bonchev–Trinajstić information content (AvgIpc) is 2.76. The van der Waals surface area contributed by atoms with Gasteiger partial charge in [0.25, 0.3) is 0 Å². The first-order chi connectivity index (χ1) is 8.72. The molecule has 0 unspecified atom stereocenters. The maximum atomic E-state index is 6.02. The van der Waals surface area contributed by atoms with Crippen molar-refractivity contribution in [3.8, 4) is 5.75 Å². The molecule has 96 valence electrons. The third kappa shape index (κ3) is 2.53. The number of benzene rings is 1. The van der Waals surface area contributed by atoms with Crippen molar-refractivity contribution in [3.63, 3.8) is 0 Å². The lowest BCUT2D eigenvalue weighted by molar-refractivity contribution is 0.342. The van der Waals surface area contributed by atoms with Gasteiger partial charge in [-0.3, -0.25) is 0 Å². The first-order valence-corrected chi connectivity index (χ1v) is 5.80. The molecule has 18 heavy (non-hydrogen) atoms. The lowest BCUT2D eigenvalue weighted by Gasteiger charge is -2.12. The van der Waals surface area contributed by atoms with Crippen molar-refractivity contribution < 1.29 is 4.74 Å². The fourth-order valence-electron chi connectivity index (χ4n) is 1.62. The van der Waals surface area contributed by atoms with Gasteiger partial charge in [-0.05, 0) is 19.1 Å². The van der Waals surface area contributed by atoms with Crippen LogP contribution in [0.1, 0.15) is 12.7 Å².